The van der Waals surface area contributed by atoms with Gasteiger partial charge in [-0.1, -0.05) is 80.4 Å². The summed E-state index contributed by atoms with van der Waals surface area (Å²) in [4.78, 5) is 27.8. The summed E-state index contributed by atoms with van der Waals surface area (Å²) in [5.74, 6) is -2.88. The molecule has 0 saturated carbocycles. The standard InChI is InChI=1S/C30H27Cl2F2N3O2/c1-29(2,3)15-19-16-37(28(39)36-27(38)18-8-5-4-6-9-18)26(21-10-7-11-23(32)25(21)34)30(19,17-35)22-13-12-20(31)14-24(22)33/h4-14,19,26H,15-16H2,1-3H3,(H,36,38,39). The van der Waals surface area contributed by atoms with E-state index in [9.17, 15) is 14.9 Å². The highest BCUT2D eigenvalue weighted by Gasteiger charge is 2.60. The molecule has 0 aromatic heterocycles. The average molecular weight is 570 g/mol. The van der Waals surface area contributed by atoms with Crippen LogP contribution in [0.2, 0.25) is 10.0 Å². The quantitative estimate of drug-likeness (QED) is 0.350. The van der Waals surface area contributed by atoms with Crippen LogP contribution in [0.15, 0.2) is 66.7 Å². The van der Waals surface area contributed by atoms with Crippen molar-refractivity contribution < 1.29 is 18.4 Å². The van der Waals surface area contributed by atoms with Gasteiger partial charge in [-0.3, -0.25) is 10.1 Å². The third-order valence-corrected chi connectivity index (χ3v) is 7.54. The van der Waals surface area contributed by atoms with Crippen molar-refractivity contribution in [1.82, 2.24) is 10.2 Å². The van der Waals surface area contributed by atoms with E-state index in [1.54, 1.807) is 30.3 Å². The molecule has 1 fully saturated rings. The van der Waals surface area contributed by atoms with Gasteiger partial charge in [0.2, 0.25) is 0 Å². The van der Waals surface area contributed by atoms with E-state index in [1.165, 1.54) is 35.2 Å². The zero-order chi connectivity index (χ0) is 28.5. The minimum absolute atomic E-state index is 0.0160. The first-order valence-electron chi connectivity index (χ1n) is 12.4. The van der Waals surface area contributed by atoms with Crippen molar-refractivity contribution in [3.63, 3.8) is 0 Å². The fourth-order valence-corrected chi connectivity index (χ4v) is 5.84. The summed E-state index contributed by atoms with van der Waals surface area (Å²) in [6.07, 6.45) is 0.387. The Morgan fingerprint density at radius 2 is 1.77 bits per heavy atom. The van der Waals surface area contributed by atoms with Crippen molar-refractivity contribution in [3.05, 3.63) is 105 Å². The molecule has 0 aliphatic carbocycles. The van der Waals surface area contributed by atoms with Crippen LogP contribution >= 0.6 is 23.2 Å². The lowest BCUT2D eigenvalue weighted by Crippen LogP contribution is -2.45. The summed E-state index contributed by atoms with van der Waals surface area (Å²) in [6.45, 7) is 5.84. The minimum Gasteiger partial charge on any atom is -0.315 e. The lowest BCUT2D eigenvalue weighted by molar-refractivity contribution is 0.0947. The zero-order valence-corrected chi connectivity index (χ0v) is 23.2. The summed E-state index contributed by atoms with van der Waals surface area (Å²) >= 11 is 12.2. The second-order valence-corrected chi connectivity index (χ2v) is 11.7. The number of halogens is 4. The second kappa shape index (κ2) is 11.0. The fraction of sp³-hybridized carbons (Fsp3) is 0.300. The Kier molecular flexibility index (Phi) is 8.02. The molecule has 1 N–H and O–H groups in total. The highest BCUT2D eigenvalue weighted by Crippen LogP contribution is 2.56. The molecule has 3 aromatic carbocycles. The topological polar surface area (TPSA) is 73.2 Å². The van der Waals surface area contributed by atoms with E-state index in [2.05, 4.69) is 11.4 Å². The molecule has 3 amide bonds. The third kappa shape index (κ3) is 5.50. The zero-order valence-electron chi connectivity index (χ0n) is 21.6. The maximum atomic E-state index is 15.7. The number of carbonyl (C=O) groups is 2. The Morgan fingerprint density at radius 3 is 2.38 bits per heavy atom. The molecule has 5 nitrogen and oxygen atoms in total. The number of likely N-dealkylation sites (tertiary alicyclic amines) is 1. The SMILES string of the molecule is CC(C)(C)CC1CN(C(=O)NC(=O)c2ccccc2)C(c2cccc(Cl)c2F)C1(C#N)c1ccc(Cl)cc1F. The first-order valence-corrected chi connectivity index (χ1v) is 13.1. The molecule has 1 aliphatic heterocycles. The average Bonchev–Trinajstić information content (AvgIpc) is 3.19. The number of carbonyl (C=O) groups excluding carboxylic acids is 2. The van der Waals surface area contributed by atoms with Crippen LogP contribution in [0, 0.1) is 34.3 Å². The highest BCUT2D eigenvalue weighted by molar-refractivity contribution is 6.31. The van der Waals surface area contributed by atoms with Crippen molar-refractivity contribution in [2.24, 2.45) is 11.3 Å². The summed E-state index contributed by atoms with van der Waals surface area (Å²) in [6, 6.07) is 16.5. The van der Waals surface area contributed by atoms with Crippen molar-refractivity contribution in [3.8, 4) is 6.07 Å². The number of rotatable bonds is 4. The third-order valence-electron chi connectivity index (χ3n) is 7.02. The van der Waals surface area contributed by atoms with E-state index in [-0.39, 0.29) is 38.7 Å². The molecule has 3 aromatic rings. The Hall–Kier alpha value is -3.47. The smallest absolute Gasteiger partial charge is 0.315 e. The van der Waals surface area contributed by atoms with Crippen LogP contribution < -0.4 is 5.32 Å². The van der Waals surface area contributed by atoms with Gasteiger partial charge in [0.25, 0.3) is 5.91 Å². The predicted molar refractivity (Wildman–Crippen MR) is 146 cm³/mol. The number of nitrogens with zero attached hydrogens (tertiary/aromatic N) is 2. The lowest BCUT2D eigenvalue weighted by Gasteiger charge is -2.38. The van der Waals surface area contributed by atoms with E-state index in [0.29, 0.717) is 6.42 Å². The van der Waals surface area contributed by atoms with Crippen molar-refractivity contribution in [1.29, 1.82) is 5.26 Å². The van der Waals surface area contributed by atoms with Crippen molar-refractivity contribution in [2.75, 3.05) is 6.54 Å². The van der Waals surface area contributed by atoms with Gasteiger partial charge < -0.3 is 4.90 Å². The first kappa shape index (κ1) is 28.5. The molecular formula is C30H27Cl2F2N3O2. The molecule has 0 radical (unpaired) electrons. The molecule has 4 rings (SSSR count). The predicted octanol–water partition coefficient (Wildman–Crippen LogP) is 7.69. The van der Waals surface area contributed by atoms with E-state index < -0.39 is 40.9 Å². The van der Waals surface area contributed by atoms with Crippen LogP contribution in [0.25, 0.3) is 0 Å². The van der Waals surface area contributed by atoms with Crippen LogP contribution in [0.5, 0.6) is 0 Å². The number of benzene rings is 3. The summed E-state index contributed by atoms with van der Waals surface area (Å²) in [7, 11) is 0. The van der Waals surface area contributed by atoms with Gasteiger partial charge in [0.15, 0.2) is 0 Å². The Bertz CT molecular complexity index is 1450. The molecule has 1 aliphatic rings. The maximum absolute atomic E-state index is 15.7. The summed E-state index contributed by atoms with van der Waals surface area (Å²) < 4.78 is 31.3. The molecule has 1 saturated heterocycles. The monoisotopic (exact) mass is 569 g/mol. The molecule has 3 unspecified atom stereocenters. The molecule has 9 heteroatoms. The number of hydrogen-bond acceptors (Lipinski definition) is 3. The number of imide groups is 1. The fourth-order valence-electron chi connectivity index (χ4n) is 5.50. The Labute approximate surface area is 236 Å². The van der Waals surface area contributed by atoms with Gasteiger partial charge in [-0.15, -0.1) is 0 Å². The molecule has 0 spiro atoms. The Balaban J connectivity index is 1.94. The summed E-state index contributed by atoms with van der Waals surface area (Å²) in [5, 5.41) is 13.1. The number of amides is 3. The van der Waals surface area contributed by atoms with Gasteiger partial charge in [0.05, 0.1) is 17.1 Å². The van der Waals surface area contributed by atoms with E-state index in [1.807, 2.05) is 20.8 Å². The van der Waals surface area contributed by atoms with Crippen molar-refractivity contribution in [2.45, 2.75) is 38.6 Å². The first-order chi connectivity index (χ1) is 18.4. The van der Waals surface area contributed by atoms with Gasteiger partial charge in [0, 0.05) is 34.2 Å². The van der Waals surface area contributed by atoms with Crippen LogP contribution in [0.1, 0.15) is 54.7 Å². The Morgan fingerprint density at radius 1 is 1.08 bits per heavy atom. The van der Waals surface area contributed by atoms with E-state index in [0.717, 1.165) is 6.07 Å². The largest absolute Gasteiger partial charge is 0.324 e. The van der Waals surface area contributed by atoms with E-state index >= 15 is 8.78 Å². The number of nitriles is 1. The number of nitrogens with one attached hydrogen (secondary N) is 1. The number of hydrogen-bond donors (Lipinski definition) is 1. The normalized spacial score (nSPS) is 20.9. The van der Waals surface area contributed by atoms with Crippen LogP contribution in [0.3, 0.4) is 0 Å². The van der Waals surface area contributed by atoms with Crippen LogP contribution in [-0.2, 0) is 5.41 Å². The lowest BCUT2D eigenvalue weighted by atomic mass is 9.63. The molecule has 1 heterocycles. The van der Waals surface area contributed by atoms with Gasteiger partial charge in [-0.25, -0.2) is 13.6 Å². The molecule has 39 heavy (non-hydrogen) atoms. The van der Waals surface area contributed by atoms with Gasteiger partial charge in [-0.05, 0) is 42.2 Å². The van der Waals surface area contributed by atoms with Gasteiger partial charge in [0.1, 0.15) is 17.0 Å². The molecule has 0 bridgehead atoms. The molecular weight excluding hydrogens is 543 g/mol. The van der Waals surface area contributed by atoms with Crippen LogP contribution in [0.4, 0.5) is 13.6 Å². The second-order valence-electron chi connectivity index (χ2n) is 10.9. The molecule has 3 atom stereocenters. The van der Waals surface area contributed by atoms with Gasteiger partial charge >= 0.3 is 6.03 Å². The number of urea groups is 1. The highest BCUT2D eigenvalue weighted by atomic mass is 35.5. The van der Waals surface area contributed by atoms with E-state index in [4.69, 9.17) is 23.2 Å². The van der Waals surface area contributed by atoms with Crippen LogP contribution in [-0.4, -0.2) is 23.4 Å². The molecule has 202 valence electrons. The van der Waals surface area contributed by atoms with Crippen molar-refractivity contribution >= 4 is 35.1 Å². The minimum atomic E-state index is -1.74. The summed E-state index contributed by atoms with van der Waals surface area (Å²) in [5.41, 5.74) is -1.91. The van der Waals surface area contributed by atoms with Gasteiger partial charge in [-0.2, -0.15) is 5.26 Å². The maximum Gasteiger partial charge on any atom is 0.324 e.